The Kier molecular flexibility index (Phi) is 7.46. The Morgan fingerprint density at radius 1 is 1.35 bits per heavy atom. The van der Waals surface area contributed by atoms with E-state index in [1.165, 1.54) is 18.9 Å². The first kappa shape index (κ1) is 20.8. The molecule has 4 atom stereocenters. The maximum atomic E-state index is 12.4. The van der Waals surface area contributed by atoms with Gasteiger partial charge < -0.3 is 29.8 Å². The summed E-state index contributed by atoms with van der Waals surface area (Å²) in [5, 5.41) is 10.4. The number of hydrogen-bond donors (Lipinski definition) is 2. The number of Topliss-reactive ketones (excluding diaryl/α,β-unsaturated/α-hetero) is 1. The lowest BCUT2D eigenvalue weighted by molar-refractivity contribution is -0.229. The van der Waals surface area contributed by atoms with Crippen LogP contribution in [0.3, 0.4) is 0 Å². The van der Waals surface area contributed by atoms with Gasteiger partial charge in [0.25, 0.3) is 0 Å². The first-order valence-electron chi connectivity index (χ1n) is 7.49. The van der Waals surface area contributed by atoms with Gasteiger partial charge in [-0.2, -0.15) is 0 Å². The highest BCUT2D eigenvalue weighted by Crippen LogP contribution is 2.29. The van der Waals surface area contributed by atoms with Crippen molar-refractivity contribution in [2.75, 3.05) is 25.9 Å². The lowest BCUT2D eigenvalue weighted by Crippen LogP contribution is -2.63. The van der Waals surface area contributed by atoms with Gasteiger partial charge in [-0.05, 0) is 34.0 Å². The molecule has 4 unspecified atom stereocenters. The smallest absolute Gasteiger partial charge is 0.195 e. The van der Waals surface area contributed by atoms with Crippen LogP contribution in [0.15, 0.2) is 0 Å². The van der Waals surface area contributed by atoms with Gasteiger partial charge in [-0.3, -0.25) is 4.79 Å². The van der Waals surface area contributed by atoms with Crippen LogP contribution >= 0.6 is 11.8 Å². The van der Waals surface area contributed by atoms with E-state index < -0.39 is 41.5 Å². The van der Waals surface area contributed by atoms with Gasteiger partial charge >= 0.3 is 0 Å². The lowest BCUT2D eigenvalue weighted by atomic mass is 9.88. The van der Waals surface area contributed by atoms with Gasteiger partial charge in [0, 0.05) is 7.11 Å². The summed E-state index contributed by atoms with van der Waals surface area (Å²) in [6.45, 7) is 6.99. The molecule has 1 aliphatic rings. The van der Waals surface area contributed by atoms with Gasteiger partial charge in [-0.25, -0.2) is 0 Å². The number of methoxy groups -OCH3 is 1. The predicted molar refractivity (Wildman–Crippen MR) is 88.2 cm³/mol. The molecule has 0 aromatic carbocycles. The van der Waals surface area contributed by atoms with Crippen molar-refractivity contribution in [3.63, 3.8) is 0 Å². The standard InChI is InChI=1S/C15H29NO6S/c1-14(2,19-5)13-11(18)10(17)12(20-8-23-6)9(22-13)7-21-15(3,4)16/h9-10,12-13,17H,7-8,16H2,1-6H3. The first-order valence-corrected chi connectivity index (χ1v) is 8.88. The van der Waals surface area contributed by atoms with Crippen molar-refractivity contribution < 1.29 is 28.8 Å². The van der Waals surface area contributed by atoms with Crippen molar-refractivity contribution in [2.24, 2.45) is 5.73 Å². The molecule has 8 heteroatoms. The number of aliphatic hydroxyl groups is 1. The Labute approximate surface area is 142 Å². The molecule has 0 aromatic heterocycles. The summed E-state index contributed by atoms with van der Waals surface area (Å²) in [5.41, 5.74) is 4.10. The second-order valence-electron chi connectivity index (χ2n) is 6.66. The summed E-state index contributed by atoms with van der Waals surface area (Å²) in [6.07, 6.45) is -1.78. The molecule has 0 spiro atoms. The molecule has 0 aromatic rings. The quantitative estimate of drug-likeness (QED) is 0.611. The van der Waals surface area contributed by atoms with E-state index in [2.05, 4.69) is 0 Å². The number of ketones is 1. The Balaban J connectivity index is 2.95. The predicted octanol–water partition coefficient (Wildman–Crippen LogP) is 0.526. The van der Waals surface area contributed by atoms with Crippen molar-refractivity contribution >= 4 is 17.5 Å². The number of carbonyl (C=O) groups is 1. The topological polar surface area (TPSA) is 100 Å². The van der Waals surface area contributed by atoms with Crippen LogP contribution in [-0.2, 0) is 23.7 Å². The third-order valence-corrected chi connectivity index (χ3v) is 4.07. The fourth-order valence-electron chi connectivity index (χ4n) is 2.23. The molecule has 7 nitrogen and oxygen atoms in total. The normalized spacial score (nSPS) is 29.8. The maximum Gasteiger partial charge on any atom is 0.195 e. The number of thioether (sulfide) groups is 1. The van der Waals surface area contributed by atoms with Crippen molar-refractivity contribution in [3.05, 3.63) is 0 Å². The number of hydrogen-bond acceptors (Lipinski definition) is 8. The van der Waals surface area contributed by atoms with Crippen LogP contribution in [0.2, 0.25) is 0 Å². The molecule has 136 valence electrons. The molecule has 1 heterocycles. The molecule has 1 rings (SSSR count). The largest absolute Gasteiger partial charge is 0.382 e. The SMILES string of the molecule is COC(C)(C)C1OC(COC(C)(C)N)C(OCSC)C(O)C1=O. The fourth-order valence-corrected chi connectivity index (χ4v) is 2.52. The van der Waals surface area contributed by atoms with Gasteiger partial charge in [0.15, 0.2) is 5.78 Å². The third-order valence-electron chi connectivity index (χ3n) is 3.69. The summed E-state index contributed by atoms with van der Waals surface area (Å²) in [4.78, 5) is 12.4. The molecule has 1 fully saturated rings. The van der Waals surface area contributed by atoms with E-state index in [4.69, 9.17) is 24.7 Å². The molecule has 0 aliphatic carbocycles. The zero-order valence-electron chi connectivity index (χ0n) is 14.7. The van der Waals surface area contributed by atoms with Gasteiger partial charge in [0.2, 0.25) is 0 Å². The second kappa shape index (κ2) is 8.24. The number of rotatable bonds is 8. The van der Waals surface area contributed by atoms with Crippen molar-refractivity contribution in [2.45, 2.75) is 63.4 Å². The van der Waals surface area contributed by atoms with E-state index in [9.17, 15) is 9.90 Å². The fraction of sp³-hybridized carbons (Fsp3) is 0.933. The third kappa shape index (κ3) is 5.67. The van der Waals surface area contributed by atoms with E-state index in [0.29, 0.717) is 5.94 Å². The van der Waals surface area contributed by atoms with Gasteiger partial charge in [0.1, 0.15) is 30.1 Å². The average molecular weight is 351 g/mol. The Bertz CT molecular complexity index is 398. The lowest BCUT2D eigenvalue weighted by Gasteiger charge is -2.43. The van der Waals surface area contributed by atoms with Crippen molar-refractivity contribution in [1.82, 2.24) is 0 Å². The van der Waals surface area contributed by atoms with E-state index in [0.717, 1.165) is 0 Å². The molecule has 0 radical (unpaired) electrons. The highest BCUT2D eigenvalue weighted by molar-refractivity contribution is 7.98. The van der Waals surface area contributed by atoms with Crippen LogP contribution in [-0.4, -0.2) is 72.5 Å². The molecule has 0 amide bonds. The molecular formula is C15H29NO6S. The second-order valence-corrected chi connectivity index (χ2v) is 7.47. The zero-order valence-corrected chi connectivity index (χ0v) is 15.5. The van der Waals surface area contributed by atoms with Gasteiger partial charge in [-0.15, -0.1) is 11.8 Å². The number of nitrogens with two attached hydrogens (primary N) is 1. The minimum atomic E-state index is -1.30. The van der Waals surface area contributed by atoms with Crippen LogP contribution in [0.5, 0.6) is 0 Å². The first-order chi connectivity index (χ1) is 10.5. The monoisotopic (exact) mass is 351 g/mol. The number of ether oxygens (including phenoxy) is 4. The van der Waals surface area contributed by atoms with Crippen LogP contribution < -0.4 is 5.73 Å². The molecule has 3 N–H and O–H groups in total. The van der Waals surface area contributed by atoms with E-state index in [1.807, 2.05) is 6.26 Å². The van der Waals surface area contributed by atoms with Crippen LogP contribution in [0.1, 0.15) is 27.7 Å². The minimum Gasteiger partial charge on any atom is -0.382 e. The van der Waals surface area contributed by atoms with Crippen LogP contribution in [0.25, 0.3) is 0 Å². The van der Waals surface area contributed by atoms with E-state index >= 15 is 0 Å². The summed E-state index contributed by atoms with van der Waals surface area (Å²) in [7, 11) is 1.49. The molecule has 0 bridgehead atoms. The van der Waals surface area contributed by atoms with Crippen molar-refractivity contribution in [1.29, 1.82) is 0 Å². The minimum absolute atomic E-state index is 0.100. The molecule has 0 saturated carbocycles. The Morgan fingerprint density at radius 3 is 2.43 bits per heavy atom. The molecule has 1 aliphatic heterocycles. The van der Waals surface area contributed by atoms with Gasteiger partial charge in [0.05, 0.1) is 18.1 Å². The Morgan fingerprint density at radius 2 is 1.96 bits per heavy atom. The maximum absolute atomic E-state index is 12.4. The summed E-state index contributed by atoms with van der Waals surface area (Å²) >= 11 is 1.44. The Hall–Kier alpha value is -0.220. The zero-order chi connectivity index (χ0) is 17.8. The average Bonchev–Trinajstić information content (AvgIpc) is 2.46. The highest BCUT2D eigenvalue weighted by Gasteiger charge is 2.50. The van der Waals surface area contributed by atoms with Crippen LogP contribution in [0.4, 0.5) is 0 Å². The highest BCUT2D eigenvalue weighted by atomic mass is 32.2. The summed E-state index contributed by atoms with van der Waals surface area (Å²) < 4.78 is 22.4. The number of carbonyl (C=O) groups excluding carboxylic acids is 1. The number of aliphatic hydroxyl groups excluding tert-OH is 1. The van der Waals surface area contributed by atoms with Crippen molar-refractivity contribution in [3.8, 4) is 0 Å². The summed E-state index contributed by atoms with van der Waals surface area (Å²) in [6, 6.07) is 0. The van der Waals surface area contributed by atoms with Crippen LogP contribution in [0, 0.1) is 0 Å². The molecule has 23 heavy (non-hydrogen) atoms. The van der Waals surface area contributed by atoms with E-state index in [-0.39, 0.29) is 6.61 Å². The summed E-state index contributed by atoms with van der Waals surface area (Å²) in [5.74, 6) is -0.120. The van der Waals surface area contributed by atoms with E-state index in [1.54, 1.807) is 27.7 Å². The van der Waals surface area contributed by atoms with Gasteiger partial charge in [-0.1, -0.05) is 0 Å². The molecule has 1 saturated heterocycles. The molecular weight excluding hydrogens is 322 g/mol.